The van der Waals surface area contributed by atoms with Crippen LogP contribution in [0.1, 0.15) is 37.7 Å². The monoisotopic (exact) mass is 438 g/mol. The number of amides is 1. The first-order valence-corrected chi connectivity index (χ1v) is 14.0. The summed E-state index contributed by atoms with van der Waals surface area (Å²) in [4.78, 5) is 12.7. The minimum absolute atomic E-state index is 0.0144. The molecule has 0 bridgehead atoms. The van der Waals surface area contributed by atoms with Crippen LogP contribution in [-0.2, 0) is 4.79 Å². The summed E-state index contributed by atoms with van der Waals surface area (Å²) in [5, 5.41) is 6.07. The summed E-state index contributed by atoms with van der Waals surface area (Å²) < 4.78 is 0. The van der Waals surface area contributed by atoms with Gasteiger partial charge in [0.25, 0.3) is 0 Å². The molecule has 1 heterocycles. The number of benzene rings is 1. The molecular weight excluding hydrogens is 418 g/mol. The van der Waals surface area contributed by atoms with E-state index >= 15 is 0 Å². The third-order valence-corrected chi connectivity index (χ3v) is 12.5. The van der Waals surface area contributed by atoms with Crippen molar-refractivity contribution in [3.63, 3.8) is 0 Å². The van der Waals surface area contributed by atoms with Gasteiger partial charge in [-0.05, 0) is 0 Å². The summed E-state index contributed by atoms with van der Waals surface area (Å²) >= 11 is 7.89. The molecule has 6 heteroatoms. The standard InChI is InChI=1S/C15H19ClN2OSe2/c16-14-7-3-1-5-12(14)11-17-18-15(19)8-4-2-6-13-9-10-20-21-13/h1,3,5,7,11,13H,2,4,6,8-10H2,(H,18,19)/b17-11+. The van der Waals surface area contributed by atoms with Gasteiger partial charge in [0.15, 0.2) is 0 Å². The Morgan fingerprint density at radius 3 is 3.05 bits per heavy atom. The molecule has 3 nitrogen and oxygen atoms in total. The van der Waals surface area contributed by atoms with Gasteiger partial charge in [0.1, 0.15) is 0 Å². The Hall–Kier alpha value is -0.311. The van der Waals surface area contributed by atoms with E-state index in [1.165, 1.54) is 24.6 Å². The summed E-state index contributed by atoms with van der Waals surface area (Å²) in [5.41, 5.74) is 3.38. The zero-order valence-corrected chi connectivity index (χ0v) is 15.9. The van der Waals surface area contributed by atoms with Crippen molar-refractivity contribution in [2.45, 2.75) is 42.2 Å². The Balaban J connectivity index is 1.60. The number of hydrogen-bond donors (Lipinski definition) is 1. The van der Waals surface area contributed by atoms with Crippen molar-refractivity contribution in [3.05, 3.63) is 34.9 Å². The molecular formula is C15H19ClN2OSe2. The van der Waals surface area contributed by atoms with Crippen molar-refractivity contribution in [3.8, 4) is 0 Å². The van der Waals surface area contributed by atoms with Gasteiger partial charge >= 0.3 is 136 Å². The molecule has 1 atom stereocenters. The van der Waals surface area contributed by atoms with Gasteiger partial charge in [-0.25, -0.2) is 0 Å². The third kappa shape index (κ3) is 6.54. The summed E-state index contributed by atoms with van der Waals surface area (Å²) in [7, 11) is 0. The van der Waals surface area contributed by atoms with Gasteiger partial charge in [-0.1, -0.05) is 6.07 Å². The molecule has 1 amide bonds. The first kappa shape index (κ1) is 17.0. The van der Waals surface area contributed by atoms with E-state index in [9.17, 15) is 4.79 Å². The van der Waals surface area contributed by atoms with E-state index in [0.717, 1.165) is 43.1 Å². The molecule has 1 saturated heterocycles. The van der Waals surface area contributed by atoms with Crippen LogP contribution in [0.3, 0.4) is 0 Å². The summed E-state index contributed by atoms with van der Waals surface area (Å²) in [6, 6.07) is 7.42. The number of unbranched alkanes of at least 4 members (excludes halogenated alkanes) is 1. The predicted molar refractivity (Wildman–Crippen MR) is 90.3 cm³/mol. The van der Waals surface area contributed by atoms with Crippen LogP contribution in [-0.4, -0.2) is 38.4 Å². The number of carbonyl (C=O) groups excluding carboxylic acids is 1. The van der Waals surface area contributed by atoms with Gasteiger partial charge in [0.2, 0.25) is 0 Å². The SMILES string of the molecule is O=C(CCCCC1CC[Se][Se]1)N/N=C/c1ccccc1Cl. The van der Waals surface area contributed by atoms with Crippen molar-refractivity contribution >= 4 is 50.0 Å². The van der Waals surface area contributed by atoms with Crippen LogP contribution in [0.15, 0.2) is 29.4 Å². The predicted octanol–water partition coefficient (Wildman–Crippen LogP) is 3.28. The Labute approximate surface area is 142 Å². The molecule has 1 unspecified atom stereocenters. The molecule has 1 aromatic carbocycles. The second-order valence-corrected chi connectivity index (χ2v) is 13.1. The van der Waals surface area contributed by atoms with E-state index in [2.05, 4.69) is 10.5 Å². The molecule has 0 aromatic heterocycles. The van der Waals surface area contributed by atoms with E-state index in [1.807, 2.05) is 18.2 Å². The molecule has 1 fully saturated rings. The quantitative estimate of drug-likeness (QED) is 0.303. The van der Waals surface area contributed by atoms with Crippen LogP contribution in [0.25, 0.3) is 0 Å². The van der Waals surface area contributed by atoms with Crippen molar-refractivity contribution in [1.29, 1.82) is 0 Å². The van der Waals surface area contributed by atoms with Crippen LogP contribution in [0.5, 0.6) is 0 Å². The average molecular weight is 437 g/mol. The van der Waals surface area contributed by atoms with Crippen LogP contribution < -0.4 is 5.43 Å². The fourth-order valence-electron chi connectivity index (χ4n) is 2.03. The Bertz CT molecular complexity index is 490. The van der Waals surface area contributed by atoms with E-state index in [-0.39, 0.29) is 5.91 Å². The number of nitrogens with one attached hydrogen (secondary N) is 1. The molecule has 0 spiro atoms. The van der Waals surface area contributed by atoms with E-state index in [1.54, 1.807) is 12.3 Å². The van der Waals surface area contributed by atoms with Crippen LogP contribution in [0.4, 0.5) is 0 Å². The molecule has 0 aliphatic carbocycles. The third-order valence-electron chi connectivity index (χ3n) is 3.21. The fraction of sp³-hybridized carbons (Fsp3) is 0.467. The summed E-state index contributed by atoms with van der Waals surface area (Å²) in [5.74, 6) is -0.0144. The first-order valence-electron chi connectivity index (χ1n) is 7.10. The molecule has 21 heavy (non-hydrogen) atoms. The van der Waals surface area contributed by atoms with E-state index in [4.69, 9.17) is 11.6 Å². The average Bonchev–Trinajstić information content (AvgIpc) is 2.99. The van der Waals surface area contributed by atoms with E-state index in [0.29, 0.717) is 11.4 Å². The summed E-state index contributed by atoms with van der Waals surface area (Å²) in [6.07, 6.45) is 7.04. The zero-order chi connectivity index (χ0) is 14.9. The second kappa shape index (κ2) is 9.65. The molecule has 1 aromatic rings. The van der Waals surface area contributed by atoms with Crippen LogP contribution in [0, 0.1) is 0 Å². The van der Waals surface area contributed by atoms with Crippen LogP contribution in [0.2, 0.25) is 15.2 Å². The minimum atomic E-state index is -0.0144. The van der Waals surface area contributed by atoms with Gasteiger partial charge in [-0.2, -0.15) is 0 Å². The topological polar surface area (TPSA) is 41.5 Å². The summed E-state index contributed by atoms with van der Waals surface area (Å²) in [6.45, 7) is 0. The maximum absolute atomic E-state index is 11.7. The first-order chi connectivity index (χ1) is 10.3. The molecule has 1 aliphatic heterocycles. The number of rotatable bonds is 7. The molecule has 1 aliphatic rings. The van der Waals surface area contributed by atoms with Gasteiger partial charge in [0.05, 0.1) is 0 Å². The van der Waals surface area contributed by atoms with Crippen molar-refractivity contribution in [2.75, 3.05) is 0 Å². The number of halogens is 1. The van der Waals surface area contributed by atoms with Gasteiger partial charge in [-0.15, -0.1) is 0 Å². The second-order valence-electron chi connectivity index (χ2n) is 4.89. The molecule has 0 saturated carbocycles. The van der Waals surface area contributed by atoms with Gasteiger partial charge < -0.3 is 0 Å². The Morgan fingerprint density at radius 1 is 1.43 bits per heavy atom. The maximum atomic E-state index is 11.7. The number of nitrogens with zero attached hydrogens (tertiary/aromatic N) is 1. The normalized spacial score (nSPS) is 18.2. The van der Waals surface area contributed by atoms with E-state index < -0.39 is 0 Å². The van der Waals surface area contributed by atoms with Crippen molar-refractivity contribution < 1.29 is 4.79 Å². The number of hydrogen-bond acceptors (Lipinski definition) is 2. The van der Waals surface area contributed by atoms with Crippen molar-refractivity contribution in [2.24, 2.45) is 5.10 Å². The molecule has 0 radical (unpaired) electrons. The number of hydrazone groups is 1. The zero-order valence-electron chi connectivity index (χ0n) is 11.8. The fourth-order valence-corrected chi connectivity index (χ4v) is 11.7. The number of carbonyl (C=O) groups is 1. The van der Waals surface area contributed by atoms with Gasteiger partial charge in [-0.3, -0.25) is 0 Å². The van der Waals surface area contributed by atoms with Crippen LogP contribution >= 0.6 is 11.6 Å². The Morgan fingerprint density at radius 2 is 2.29 bits per heavy atom. The van der Waals surface area contributed by atoms with Gasteiger partial charge in [0, 0.05) is 0 Å². The molecule has 114 valence electrons. The molecule has 1 N–H and O–H groups in total. The molecule has 2 rings (SSSR count). The van der Waals surface area contributed by atoms with Crippen molar-refractivity contribution in [1.82, 2.24) is 5.43 Å². The Kier molecular flexibility index (Phi) is 7.84.